The predicted molar refractivity (Wildman–Crippen MR) is 81.6 cm³/mol. The Morgan fingerprint density at radius 2 is 2.19 bits per heavy atom. The topological polar surface area (TPSA) is 106 Å². The van der Waals surface area contributed by atoms with Gasteiger partial charge in [-0.1, -0.05) is 6.92 Å². The van der Waals surface area contributed by atoms with E-state index in [0.29, 0.717) is 19.0 Å². The molecule has 8 nitrogen and oxygen atoms in total. The van der Waals surface area contributed by atoms with Gasteiger partial charge in [0.15, 0.2) is 0 Å². The van der Waals surface area contributed by atoms with Crippen LogP contribution in [-0.2, 0) is 6.54 Å². The summed E-state index contributed by atoms with van der Waals surface area (Å²) in [6, 6.07) is 0. The fourth-order valence-corrected chi connectivity index (χ4v) is 2.24. The Hall–Kier alpha value is -2.29. The van der Waals surface area contributed by atoms with Gasteiger partial charge in [-0.25, -0.2) is 9.97 Å². The monoisotopic (exact) mass is 308 g/mol. The molecule has 0 saturated carbocycles. The van der Waals surface area contributed by atoms with Crippen LogP contribution in [0.3, 0.4) is 0 Å². The van der Waals surface area contributed by atoms with Crippen LogP contribution in [0.5, 0.6) is 0 Å². The van der Waals surface area contributed by atoms with Gasteiger partial charge in [-0.3, -0.25) is 10.1 Å². The quantitative estimate of drug-likeness (QED) is 0.598. The Morgan fingerprint density at radius 1 is 1.38 bits per heavy atom. The predicted octanol–water partition coefficient (Wildman–Crippen LogP) is 2.58. The van der Waals surface area contributed by atoms with Crippen molar-refractivity contribution in [3.63, 3.8) is 0 Å². The lowest BCUT2D eigenvalue weighted by Crippen LogP contribution is -2.10. The summed E-state index contributed by atoms with van der Waals surface area (Å²) < 4.78 is 0. The van der Waals surface area contributed by atoms with Crippen molar-refractivity contribution in [3.8, 4) is 0 Å². The summed E-state index contributed by atoms with van der Waals surface area (Å²) in [7, 11) is 0. The molecule has 0 amide bonds. The van der Waals surface area contributed by atoms with Crippen LogP contribution >= 0.6 is 11.3 Å². The molecule has 21 heavy (non-hydrogen) atoms. The first-order valence-corrected chi connectivity index (χ1v) is 7.38. The summed E-state index contributed by atoms with van der Waals surface area (Å²) in [6.07, 6.45) is 2.13. The number of nitro groups is 1. The van der Waals surface area contributed by atoms with E-state index in [1.54, 1.807) is 0 Å². The first-order chi connectivity index (χ1) is 10.1. The Bertz CT molecular complexity index is 630. The molecule has 9 heteroatoms. The molecule has 2 heterocycles. The normalized spacial score (nSPS) is 10.4. The largest absolute Gasteiger partial charge is 0.359 e. The van der Waals surface area contributed by atoms with E-state index in [4.69, 9.17) is 0 Å². The third-order valence-corrected chi connectivity index (χ3v) is 3.43. The Balaban J connectivity index is 2.15. The zero-order chi connectivity index (χ0) is 15.2. The highest BCUT2D eigenvalue weighted by atomic mass is 32.1. The molecule has 0 radical (unpaired) electrons. The van der Waals surface area contributed by atoms with Gasteiger partial charge in [-0.05, 0) is 13.3 Å². The zero-order valence-corrected chi connectivity index (χ0v) is 12.6. The van der Waals surface area contributed by atoms with Crippen LogP contribution in [0.2, 0.25) is 0 Å². The van der Waals surface area contributed by atoms with E-state index < -0.39 is 4.92 Å². The Morgan fingerprint density at radius 3 is 2.81 bits per heavy atom. The molecule has 0 spiro atoms. The molecule has 0 aliphatic heterocycles. The number of hydrogen-bond donors (Lipinski definition) is 2. The lowest BCUT2D eigenvalue weighted by Gasteiger charge is -2.07. The van der Waals surface area contributed by atoms with Gasteiger partial charge in [0.05, 0.1) is 22.2 Å². The third-order valence-electron chi connectivity index (χ3n) is 2.60. The van der Waals surface area contributed by atoms with Gasteiger partial charge in [0, 0.05) is 11.9 Å². The highest BCUT2D eigenvalue weighted by Gasteiger charge is 2.17. The van der Waals surface area contributed by atoms with Crippen LogP contribution < -0.4 is 10.6 Å². The molecule has 0 aliphatic rings. The van der Waals surface area contributed by atoms with Crippen molar-refractivity contribution in [2.45, 2.75) is 26.8 Å². The van der Waals surface area contributed by atoms with Gasteiger partial charge in [0.2, 0.25) is 11.8 Å². The molecule has 112 valence electrons. The molecule has 2 rings (SSSR count). The van der Waals surface area contributed by atoms with Crippen molar-refractivity contribution in [2.24, 2.45) is 0 Å². The van der Waals surface area contributed by atoms with Crippen LogP contribution in [0.4, 0.5) is 17.5 Å². The van der Waals surface area contributed by atoms with Crippen LogP contribution in [0.15, 0.2) is 11.6 Å². The fourth-order valence-electron chi connectivity index (χ4n) is 1.62. The van der Waals surface area contributed by atoms with E-state index in [9.17, 15) is 10.1 Å². The molecule has 0 fully saturated rings. The molecule has 2 aromatic heterocycles. The van der Waals surface area contributed by atoms with E-state index in [0.717, 1.165) is 17.1 Å². The number of aryl methyl sites for hydroxylation is 1. The second-order valence-corrected chi connectivity index (χ2v) is 5.38. The number of hydrogen-bond acceptors (Lipinski definition) is 8. The van der Waals surface area contributed by atoms with Gasteiger partial charge < -0.3 is 10.6 Å². The maximum atomic E-state index is 11.0. The van der Waals surface area contributed by atoms with E-state index in [1.807, 2.05) is 19.2 Å². The standard InChI is InChI=1S/C12H16N6O2S/c1-3-4-13-12-15-6-10(18(19)20)11(17-12)14-5-9-7-21-8(2)16-9/h6-7H,3-5H2,1-2H3,(H2,13,14,15,17). The molecule has 0 aromatic carbocycles. The van der Waals surface area contributed by atoms with Gasteiger partial charge in [-0.15, -0.1) is 11.3 Å². The summed E-state index contributed by atoms with van der Waals surface area (Å²) >= 11 is 1.53. The fraction of sp³-hybridized carbons (Fsp3) is 0.417. The summed E-state index contributed by atoms with van der Waals surface area (Å²) in [5.74, 6) is 0.568. The van der Waals surface area contributed by atoms with Crippen molar-refractivity contribution >= 4 is 28.8 Å². The highest BCUT2D eigenvalue weighted by molar-refractivity contribution is 7.09. The molecule has 0 unspecified atom stereocenters. The second-order valence-electron chi connectivity index (χ2n) is 4.32. The zero-order valence-electron chi connectivity index (χ0n) is 11.8. The lowest BCUT2D eigenvalue weighted by atomic mass is 10.4. The smallest absolute Gasteiger partial charge is 0.329 e. The number of nitrogens with zero attached hydrogens (tertiary/aromatic N) is 4. The number of thiazole rings is 1. The highest BCUT2D eigenvalue weighted by Crippen LogP contribution is 2.22. The van der Waals surface area contributed by atoms with Gasteiger partial charge in [0.25, 0.3) is 0 Å². The molecule has 0 bridgehead atoms. The SMILES string of the molecule is CCCNc1ncc([N+](=O)[O-])c(NCc2csc(C)n2)n1. The van der Waals surface area contributed by atoms with E-state index in [1.165, 1.54) is 17.5 Å². The van der Waals surface area contributed by atoms with Crippen LogP contribution in [-0.4, -0.2) is 26.4 Å². The molecular formula is C12H16N6O2S. The summed E-state index contributed by atoms with van der Waals surface area (Å²) in [5.41, 5.74) is 0.678. The number of anilines is 2. The van der Waals surface area contributed by atoms with Crippen LogP contribution in [0.1, 0.15) is 24.0 Å². The number of nitrogens with one attached hydrogen (secondary N) is 2. The second kappa shape index (κ2) is 6.93. The number of aromatic nitrogens is 3. The average molecular weight is 308 g/mol. The molecular weight excluding hydrogens is 292 g/mol. The summed E-state index contributed by atoms with van der Waals surface area (Å²) in [4.78, 5) is 22.9. The minimum absolute atomic E-state index is 0.149. The van der Waals surface area contributed by atoms with Crippen molar-refractivity contribution in [1.29, 1.82) is 0 Å². The van der Waals surface area contributed by atoms with Crippen LogP contribution in [0.25, 0.3) is 0 Å². The molecule has 2 N–H and O–H groups in total. The summed E-state index contributed by atoms with van der Waals surface area (Å²) in [5, 5.41) is 19.8. The Labute approximate surface area is 125 Å². The average Bonchev–Trinajstić information content (AvgIpc) is 2.88. The van der Waals surface area contributed by atoms with Crippen molar-refractivity contribution < 1.29 is 4.92 Å². The van der Waals surface area contributed by atoms with E-state index in [2.05, 4.69) is 25.6 Å². The van der Waals surface area contributed by atoms with Gasteiger partial charge >= 0.3 is 5.69 Å². The van der Waals surface area contributed by atoms with E-state index in [-0.39, 0.29) is 11.5 Å². The molecule has 2 aromatic rings. The first kappa shape index (κ1) is 15.1. The first-order valence-electron chi connectivity index (χ1n) is 6.50. The minimum Gasteiger partial charge on any atom is -0.359 e. The minimum atomic E-state index is -0.502. The molecule has 0 saturated heterocycles. The maximum Gasteiger partial charge on any atom is 0.329 e. The maximum absolute atomic E-state index is 11.0. The van der Waals surface area contributed by atoms with Gasteiger partial charge in [-0.2, -0.15) is 4.98 Å². The number of rotatable bonds is 7. The van der Waals surface area contributed by atoms with E-state index >= 15 is 0 Å². The molecule has 0 aliphatic carbocycles. The van der Waals surface area contributed by atoms with Crippen molar-refractivity contribution in [2.75, 3.05) is 17.2 Å². The van der Waals surface area contributed by atoms with Crippen LogP contribution in [0, 0.1) is 17.0 Å². The lowest BCUT2D eigenvalue weighted by molar-refractivity contribution is -0.384. The van der Waals surface area contributed by atoms with Crippen molar-refractivity contribution in [1.82, 2.24) is 15.0 Å². The Kier molecular flexibility index (Phi) is 4.99. The van der Waals surface area contributed by atoms with Gasteiger partial charge in [0.1, 0.15) is 6.20 Å². The molecule has 0 atom stereocenters. The third kappa shape index (κ3) is 4.09. The summed E-state index contributed by atoms with van der Waals surface area (Å²) in [6.45, 7) is 5.02. The van der Waals surface area contributed by atoms with Crippen molar-refractivity contribution in [3.05, 3.63) is 32.4 Å².